The molecule has 3 heteroatoms. The molecule has 0 aliphatic heterocycles. The van der Waals surface area contributed by atoms with Crippen molar-refractivity contribution in [1.82, 2.24) is 1.34 Å². The Bertz CT molecular complexity index is 28.0. The number of hydrogen-bond donors (Lipinski definition) is 0. The third-order valence-corrected chi connectivity index (χ3v) is 24.4. The molecule has 0 aromatic heterocycles. The van der Waals surface area contributed by atoms with Gasteiger partial charge in [0.15, 0.2) is 0 Å². The molecule has 0 aromatic carbocycles. The van der Waals surface area contributed by atoms with Gasteiger partial charge in [0.1, 0.15) is 0 Å². The molecule has 0 N–H and O–H groups in total. The predicted octanol–water partition coefficient (Wildman–Crippen LogP) is -0.818. The van der Waals surface area contributed by atoms with Gasteiger partial charge in [-0.15, -0.1) is 0 Å². The number of hydrogen-bond acceptors (Lipinski definition) is 1. The zero-order valence-corrected chi connectivity index (χ0v) is 12.9. The second-order valence-electron chi connectivity index (χ2n) is 1.49. The molecule has 0 amide bonds. The molecule has 38 valence electrons. The first-order chi connectivity index (χ1) is 2.81. The molecule has 0 aromatic rings. The first-order valence-electron chi connectivity index (χ1n) is 2.49. The van der Waals surface area contributed by atoms with Crippen LogP contribution < -0.4 is 0 Å². The van der Waals surface area contributed by atoms with Gasteiger partial charge in [-0.3, -0.25) is 0 Å². The van der Waals surface area contributed by atoms with Gasteiger partial charge in [-0.25, -0.2) is 0 Å². The molecule has 6 heavy (non-hydrogen) atoms. The van der Waals surface area contributed by atoms with Gasteiger partial charge in [0.05, 0.1) is 0 Å². The van der Waals surface area contributed by atoms with Gasteiger partial charge in [-0.05, 0) is 0 Å². The summed E-state index contributed by atoms with van der Waals surface area (Å²) in [6.07, 6.45) is 0. The predicted molar refractivity (Wildman–Crippen MR) is 36.6 cm³/mol. The first-order valence-corrected chi connectivity index (χ1v) is 14.2. The van der Waals surface area contributed by atoms with Gasteiger partial charge in [0, 0.05) is 0 Å². The fourth-order valence-electron chi connectivity index (χ4n) is 0.224. The van der Waals surface area contributed by atoms with E-state index in [0.717, 1.165) is 0 Å². The molecule has 0 saturated carbocycles. The Morgan fingerprint density at radius 3 is 1.50 bits per heavy atom. The summed E-state index contributed by atoms with van der Waals surface area (Å²) in [5, 5.41) is 0. The first kappa shape index (κ1) is 7.56. The van der Waals surface area contributed by atoms with E-state index in [4.69, 9.17) is 0 Å². The topological polar surface area (TPSA) is 3.24 Å². The SMILES string of the molecule is [CH3][SnH2][N](C)[SnH2][CH3]. The van der Waals surface area contributed by atoms with Crippen LogP contribution >= 0.6 is 0 Å². The van der Waals surface area contributed by atoms with Crippen LogP contribution in [-0.4, -0.2) is 51.2 Å². The fourth-order valence-corrected chi connectivity index (χ4v) is 10.1. The molecule has 0 saturated heterocycles. The summed E-state index contributed by atoms with van der Waals surface area (Å²) < 4.78 is 2.67. The van der Waals surface area contributed by atoms with E-state index in [0.29, 0.717) is 0 Å². The average molecular weight is 301 g/mol. The molecule has 0 heterocycles. The number of rotatable bonds is 2. The second kappa shape index (κ2) is 4.71. The summed E-state index contributed by atoms with van der Waals surface area (Å²) in [6.45, 7) is 0. The maximum absolute atomic E-state index is 2.67. The van der Waals surface area contributed by atoms with E-state index in [1.54, 1.807) is 0 Å². The quantitative estimate of drug-likeness (QED) is 0.603. The van der Waals surface area contributed by atoms with Crippen LogP contribution in [0.15, 0.2) is 0 Å². The van der Waals surface area contributed by atoms with Crippen molar-refractivity contribution in [3.05, 3.63) is 0 Å². The minimum atomic E-state index is -0.243. The second-order valence-corrected chi connectivity index (χ2v) is 18.5. The van der Waals surface area contributed by atoms with Gasteiger partial charge in [0.2, 0.25) is 0 Å². The van der Waals surface area contributed by atoms with Crippen LogP contribution in [0.4, 0.5) is 0 Å². The van der Waals surface area contributed by atoms with Crippen LogP contribution in [0.5, 0.6) is 0 Å². The Morgan fingerprint density at radius 1 is 1.17 bits per heavy atom. The Hall–Kier alpha value is 1.56. The Morgan fingerprint density at radius 2 is 1.50 bits per heavy atom. The van der Waals surface area contributed by atoms with Gasteiger partial charge in [0.25, 0.3) is 0 Å². The molecule has 0 bridgehead atoms. The fraction of sp³-hybridized carbons (Fsp3) is 1.00. The van der Waals surface area contributed by atoms with Crippen molar-refractivity contribution in [2.45, 2.75) is 9.88 Å². The molecule has 0 unspecified atom stereocenters. The van der Waals surface area contributed by atoms with Crippen LogP contribution in [0.1, 0.15) is 0 Å². The van der Waals surface area contributed by atoms with Gasteiger partial charge in [-0.1, -0.05) is 0 Å². The van der Waals surface area contributed by atoms with Gasteiger partial charge in [-0.2, -0.15) is 0 Å². The van der Waals surface area contributed by atoms with E-state index in [1.807, 2.05) is 0 Å². The van der Waals surface area contributed by atoms with E-state index >= 15 is 0 Å². The third-order valence-electron chi connectivity index (χ3n) is 1.08. The van der Waals surface area contributed by atoms with Crippen molar-refractivity contribution in [1.29, 1.82) is 0 Å². The van der Waals surface area contributed by atoms with Crippen molar-refractivity contribution in [2.75, 3.05) is 7.05 Å². The molecule has 1 nitrogen and oxygen atoms in total. The Balaban J connectivity index is 2.75. The maximum atomic E-state index is 2.67. The van der Waals surface area contributed by atoms with Crippen LogP contribution in [0.3, 0.4) is 0 Å². The van der Waals surface area contributed by atoms with E-state index < -0.39 is 0 Å². The van der Waals surface area contributed by atoms with Crippen LogP contribution in [0.2, 0.25) is 9.88 Å². The number of nitrogens with zero attached hydrogens (tertiary/aromatic N) is 1. The normalized spacial score (nSPS) is 14.0. The summed E-state index contributed by atoms with van der Waals surface area (Å²) in [4.78, 5) is 4.84. The summed E-state index contributed by atoms with van der Waals surface area (Å²) in [7, 11) is 2.30. The van der Waals surface area contributed by atoms with Crippen molar-refractivity contribution < 1.29 is 0 Å². The molecule has 0 aliphatic carbocycles. The zero-order chi connectivity index (χ0) is 4.99. The molecule has 0 spiro atoms. The molecular weight excluding hydrogens is 287 g/mol. The van der Waals surface area contributed by atoms with Crippen LogP contribution in [0.25, 0.3) is 0 Å². The Kier molecular flexibility index (Phi) is 5.93. The van der Waals surface area contributed by atoms with Gasteiger partial charge < -0.3 is 0 Å². The van der Waals surface area contributed by atoms with Crippen LogP contribution in [0, 0.1) is 0 Å². The van der Waals surface area contributed by atoms with Gasteiger partial charge >= 0.3 is 61.1 Å². The van der Waals surface area contributed by atoms with Crippen LogP contribution in [-0.2, 0) is 0 Å². The van der Waals surface area contributed by atoms with Crippen molar-refractivity contribution in [2.24, 2.45) is 0 Å². The summed E-state index contributed by atoms with van der Waals surface area (Å²) in [5.74, 6) is 0. The van der Waals surface area contributed by atoms with E-state index in [2.05, 4.69) is 18.3 Å². The zero-order valence-electron chi connectivity index (χ0n) is 4.86. The van der Waals surface area contributed by atoms with Crippen molar-refractivity contribution in [3.63, 3.8) is 0 Å². The molecule has 0 fully saturated rings. The van der Waals surface area contributed by atoms with E-state index in [9.17, 15) is 0 Å². The summed E-state index contributed by atoms with van der Waals surface area (Å²) in [5.41, 5.74) is 0. The molecular formula is C3H13NSn2. The third kappa shape index (κ3) is 3.74. The average Bonchev–Trinajstić information content (AvgIpc) is 1.65. The molecule has 0 atom stereocenters. The van der Waals surface area contributed by atoms with E-state index in [1.165, 1.54) is 0 Å². The van der Waals surface area contributed by atoms with E-state index in [-0.39, 0.29) is 42.8 Å². The summed E-state index contributed by atoms with van der Waals surface area (Å²) in [6, 6.07) is 0. The minimum absolute atomic E-state index is 0.243. The molecule has 0 rings (SSSR count). The standard InChI is InChI=1S/CH3N.2CH3.2Sn.4H/c1-2;;;;;;;;/h1H3;2*1H3;;;;;;. The monoisotopic (exact) mass is 303 g/mol. The summed E-state index contributed by atoms with van der Waals surface area (Å²) >= 11 is -0.485. The van der Waals surface area contributed by atoms with Crippen molar-refractivity contribution in [3.8, 4) is 0 Å². The molecule has 0 radical (unpaired) electrons. The molecule has 0 aliphatic rings. The Labute approximate surface area is 60.6 Å². The van der Waals surface area contributed by atoms with Crippen molar-refractivity contribution >= 4 is 42.8 Å².